The van der Waals surface area contributed by atoms with Crippen molar-refractivity contribution in [2.75, 3.05) is 0 Å². The van der Waals surface area contributed by atoms with Gasteiger partial charge in [-0.15, -0.1) is 0 Å². The van der Waals surface area contributed by atoms with E-state index in [1.165, 1.54) is 33.2 Å². The molecule has 1 aromatic heterocycles. The first-order valence-corrected chi connectivity index (χ1v) is 14.6. The predicted octanol–water partition coefficient (Wildman–Crippen LogP) is 9.35. The summed E-state index contributed by atoms with van der Waals surface area (Å²) in [7, 11) is 2.10. The zero-order valence-corrected chi connectivity index (χ0v) is 25.0. The topological polar surface area (TPSA) is 21.1 Å². The summed E-state index contributed by atoms with van der Waals surface area (Å²) in [6, 6.07) is 22.4. The lowest BCUT2D eigenvalue weighted by atomic mass is 9.67. The van der Waals surface area contributed by atoms with Crippen LogP contribution < -0.4 is 4.57 Å². The Balaban J connectivity index is 1.56. The highest BCUT2D eigenvalue weighted by molar-refractivity contribution is 6.09. The van der Waals surface area contributed by atoms with Gasteiger partial charge in [-0.25, -0.2) is 11.1 Å². The first-order chi connectivity index (χ1) is 18.9. The van der Waals surface area contributed by atoms with Crippen molar-refractivity contribution in [1.82, 2.24) is 4.98 Å². The Kier molecular flexibility index (Phi) is 6.04. The maximum absolute atomic E-state index is 8.15. The molecule has 4 aromatic carbocycles. The second-order valence-corrected chi connectivity index (χ2v) is 13.8. The van der Waals surface area contributed by atoms with Gasteiger partial charge in [0.15, 0.2) is 5.52 Å². The van der Waals surface area contributed by atoms with E-state index >= 15 is 0 Å². The van der Waals surface area contributed by atoms with E-state index < -0.39 is 5.54 Å². The van der Waals surface area contributed by atoms with Gasteiger partial charge in [0.1, 0.15) is 5.69 Å². The zero-order chi connectivity index (χ0) is 28.4. The average molecular weight is 527 g/mol. The molecule has 40 heavy (non-hydrogen) atoms. The van der Waals surface area contributed by atoms with Crippen molar-refractivity contribution < 1.29 is 4.57 Å². The zero-order valence-electron chi connectivity index (χ0n) is 25.0. The Labute approximate surface area is 238 Å². The molecule has 1 fully saturated rings. The normalized spacial score (nSPS) is 16.9. The molecule has 0 atom stereocenters. The molecule has 0 radical (unpaired) electrons. The van der Waals surface area contributed by atoms with Gasteiger partial charge in [-0.3, -0.25) is 0 Å². The number of fused-ring (bicyclic) bond motifs is 4. The summed E-state index contributed by atoms with van der Waals surface area (Å²) in [5.74, 6) is 0. The third-order valence-corrected chi connectivity index (χ3v) is 9.52. The Hall–Kier alpha value is -3.77. The van der Waals surface area contributed by atoms with Crippen molar-refractivity contribution in [1.29, 1.82) is 0 Å². The largest absolute Gasteiger partial charge is 0.305 e. The van der Waals surface area contributed by atoms with Gasteiger partial charge >= 0.3 is 0 Å². The minimum atomic E-state index is -0.411. The van der Waals surface area contributed by atoms with E-state index in [0.717, 1.165) is 52.9 Å². The van der Waals surface area contributed by atoms with Crippen LogP contribution in [0.4, 0.5) is 0 Å². The first kappa shape index (κ1) is 26.5. The maximum atomic E-state index is 8.15. The Morgan fingerprint density at radius 2 is 1.52 bits per heavy atom. The SMILES string of the molecule is [C-]#[N+]C1(c2ccc3c(ccc4c(-c5cc(C(C)(C)C)c6ccccc6c5C)[n+](C)cnc43)c2)CCC(C)(C)CC1. The Morgan fingerprint density at radius 3 is 2.20 bits per heavy atom. The molecule has 1 saturated carbocycles. The molecule has 0 aliphatic heterocycles. The fraction of sp³-hybridized carbons (Fsp3) is 0.378. The number of rotatable bonds is 2. The van der Waals surface area contributed by atoms with Crippen molar-refractivity contribution in [3.05, 3.63) is 95.1 Å². The van der Waals surface area contributed by atoms with Gasteiger partial charge in [-0.2, -0.15) is 0 Å². The van der Waals surface area contributed by atoms with Gasteiger partial charge in [0.2, 0.25) is 0 Å². The molecule has 202 valence electrons. The van der Waals surface area contributed by atoms with Crippen LogP contribution in [0, 0.1) is 18.9 Å². The van der Waals surface area contributed by atoms with Crippen molar-refractivity contribution in [3.8, 4) is 11.3 Å². The van der Waals surface area contributed by atoms with Crippen LogP contribution in [-0.2, 0) is 18.0 Å². The summed E-state index contributed by atoms with van der Waals surface area (Å²) < 4.78 is 2.17. The molecule has 1 heterocycles. The van der Waals surface area contributed by atoms with Crippen LogP contribution in [0.5, 0.6) is 0 Å². The molecule has 0 unspecified atom stereocenters. The number of hydrogen-bond acceptors (Lipinski definition) is 1. The van der Waals surface area contributed by atoms with E-state index in [0.29, 0.717) is 5.41 Å². The van der Waals surface area contributed by atoms with Crippen LogP contribution in [0.2, 0.25) is 0 Å². The van der Waals surface area contributed by atoms with Gasteiger partial charge in [-0.05, 0) is 87.1 Å². The van der Waals surface area contributed by atoms with Crippen LogP contribution in [0.25, 0.3) is 48.6 Å². The second kappa shape index (κ2) is 9.13. The third kappa shape index (κ3) is 4.17. The van der Waals surface area contributed by atoms with Gasteiger partial charge < -0.3 is 4.85 Å². The molecule has 0 spiro atoms. The van der Waals surface area contributed by atoms with Crippen LogP contribution in [0.1, 0.15) is 77.0 Å². The molecule has 1 aliphatic carbocycles. The standard InChI is InChI=1S/C37H40N3/c1-24-27-11-9-10-12-29(27)32(35(2,3)4)22-31(24)34-30-15-13-25-21-26(14-16-28(25)33(30)39-23-40(34)8)37(38-7)19-17-36(5,6)18-20-37/h9-16,21-23H,17-20H2,1-6,8H3/q+1. The summed E-state index contributed by atoms with van der Waals surface area (Å²) in [4.78, 5) is 9.20. The van der Waals surface area contributed by atoms with Crippen molar-refractivity contribution >= 4 is 32.4 Å². The van der Waals surface area contributed by atoms with Crippen molar-refractivity contribution in [2.45, 2.75) is 78.2 Å². The van der Waals surface area contributed by atoms with E-state index in [4.69, 9.17) is 11.6 Å². The second-order valence-electron chi connectivity index (χ2n) is 13.8. The number of aryl methyl sites for hydroxylation is 2. The summed E-state index contributed by atoms with van der Waals surface area (Å²) >= 11 is 0. The highest BCUT2D eigenvalue weighted by atomic mass is 15.0. The van der Waals surface area contributed by atoms with Gasteiger partial charge in [0.25, 0.3) is 11.9 Å². The van der Waals surface area contributed by atoms with Crippen LogP contribution in [0.15, 0.2) is 67.0 Å². The lowest BCUT2D eigenvalue weighted by Crippen LogP contribution is -2.32. The van der Waals surface area contributed by atoms with E-state index in [-0.39, 0.29) is 5.41 Å². The molecular weight excluding hydrogens is 486 g/mol. The molecule has 0 saturated heterocycles. The minimum absolute atomic E-state index is 0.0136. The molecule has 1 aliphatic rings. The monoisotopic (exact) mass is 526 g/mol. The molecule has 0 bridgehead atoms. The molecule has 3 nitrogen and oxygen atoms in total. The number of hydrogen-bond donors (Lipinski definition) is 0. The minimum Gasteiger partial charge on any atom is -0.305 e. The third-order valence-electron chi connectivity index (χ3n) is 9.52. The number of aromatic nitrogens is 2. The number of nitrogens with zero attached hydrogens (tertiary/aromatic N) is 3. The maximum Gasteiger partial charge on any atom is 0.287 e. The predicted molar refractivity (Wildman–Crippen MR) is 167 cm³/mol. The van der Waals surface area contributed by atoms with Crippen LogP contribution >= 0.6 is 0 Å². The highest BCUT2D eigenvalue weighted by Gasteiger charge is 2.45. The molecule has 6 rings (SSSR count). The lowest BCUT2D eigenvalue weighted by Gasteiger charge is -2.36. The Morgan fingerprint density at radius 1 is 0.850 bits per heavy atom. The van der Waals surface area contributed by atoms with E-state index in [2.05, 4.69) is 119 Å². The summed E-state index contributed by atoms with van der Waals surface area (Å²) in [6.07, 6.45) is 6.00. The highest BCUT2D eigenvalue weighted by Crippen LogP contribution is 2.48. The molecular formula is C37H40N3+. The summed E-state index contributed by atoms with van der Waals surface area (Å²) in [6.45, 7) is 22.0. The summed E-state index contributed by atoms with van der Waals surface area (Å²) in [5.41, 5.74) is 7.20. The van der Waals surface area contributed by atoms with E-state index in [9.17, 15) is 0 Å². The lowest BCUT2D eigenvalue weighted by molar-refractivity contribution is -0.662. The number of benzene rings is 4. The smallest absolute Gasteiger partial charge is 0.287 e. The quantitative estimate of drug-likeness (QED) is 0.127. The fourth-order valence-corrected chi connectivity index (χ4v) is 6.85. The fourth-order valence-electron chi connectivity index (χ4n) is 6.85. The van der Waals surface area contributed by atoms with Crippen LogP contribution in [-0.4, -0.2) is 4.98 Å². The first-order valence-electron chi connectivity index (χ1n) is 14.6. The van der Waals surface area contributed by atoms with E-state index in [1.54, 1.807) is 0 Å². The molecule has 0 amide bonds. The van der Waals surface area contributed by atoms with Crippen LogP contribution in [0.3, 0.4) is 0 Å². The van der Waals surface area contributed by atoms with Crippen molar-refractivity contribution in [3.63, 3.8) is 0 Å². The Bertz CT molecular complexity index is 1840. The van der Waals surface area contributed by atoms with E-state index in [1.807, 2.05) is 6.33 Å². The molecule has 3 heteroatoms. The van der Waals surface area contributed by atoms with Crippen molar-refractivity contribution in [2.24, 2.45) is 12.5 Å². The molecule has 0 N–H and O–H groups in total. The molecule has 5 aromatic rings. The average Bonchev–Trinajstić information content (AvgIpc) is 2.93. The summed E-state index contributed by atoms with van der Waals surface area (Å²) in [5, 5.41) is 6.10. The van der Waals surface area contributed by atoms with Gasteiger partial charge in [0.05, 0.1) is 12.4 Å². The van der Waals surface area contributed by atoms with Gasteiger partial charge in [-0.1, -0.05) is 71.0 Å². The van der Waals surface area contributed by atoms with Gasteiger partial charge in [0, 0.05) is 29.4 Å².